The van der Waals surface area contributed by atoms with E-state index in [4.69, 9.17) is 4.74 Å². The third-order valence-corrected chi connectivity index (χ3v) is 5.07. The van der Waals surface area contributed by atoms with Gasteiger partial charge in [-0.1, -0.05) is 11.3 Å². The second kappa shape index (κ2) is 6.07. The van der Waals surface area contributed by atoms with Gasteiger partial charge in [-0.2, -0.15) is 0 Å². The topological polar surface area (TPSA) is 77.0 Å². The van der Waals surface area contributed by atoms with E-state index in [9.17, 15) is 4.79 Å². The predicted octanol–water partition coefficient (Wildman–Crippen LogP) is 3.42. The van der Waals surface area contributed by atoms with E-state index in [1.807, 2.05) is 19.9 Å². The van der Waals surface area contributed by atoms with Gasteiger partial charge in [0.1, 0.15) is 11.1 Å². The molecule has 0 fully saturated rings. The SMILES string of the molecule is COC(C)c1nnc(NC(=O)c2ccc3sc(C)nc3c2)s1. The number of carbonyl (C=O) groups is 1. The number of thiazole rings is 1. The maximum absolute atomic E-state index is 12.3. The number of rotatable bonds is 4. The van der Waals surface area contributed by atoms with Crippen LogP contribution in [-0.2, 0) is 4.74 Å². The van der Waals surface area contributed by atoms with E-state index >= 15 is 0 Å². The van der Waals surface area contributed by atoms with E-state index in [2.05, 4.69) is 20.5 Å². The summed E-state index contributed by atoms with van der Waals surface area (Å²) in [6.45, 7) is 3.83. The monoisotopic (exact) mass is 334 g/mol. The largest absolute Gasteiger partial charge is 0.374 e. The molecule has 1 N–H and O–H groups in total. The molecular formula is C14H14N4O2S2. The fourth-order valence-corrected chi connectivity index (χ4v) is 3.48. The average molecular weight is 334 g/mol. The third kappa shape index (κ3) is 2.99. The molecule has 0 spiro atoms. The number of benzene rings is 1. The Morgan fingerprint density at radius 1 is 1.32 bits per heavy atom. The standard InChI is InChI=1S/C14H14N4O2S2/c1-7(20-3)13-17-18-14(22-13)16-12(19)9-4-5-11-10(6-9)15-8(2)21-11/h4-7H,1-3H3,(H,16,18,19). The molecule has 0 aliphatic carbocycles. The van der Waals surface area contributed by atoms with Crippen LogP contribution in [0.1, 0.15) is 33.4 Å². The van der Waals surface area contributed by atoms with E-state index in [1.165, 1.54) is 11.3 Å². The Kier molecular flexibility index (Phi) is 4.14. The van der Waals surface area contributed by atoms with Gasteiger partial charge in [0.15, 0.2) is 0 Å². The molecule has 0 saturated carbocycles. The second-order valence-electron chi connectivity index (χ2n) is 4.69. The summed E-state index contributed by atoms with van der Waals surface area (Å²) in [6.07, 6.45) is -0.141. The zero-order valence-corrected chi connectivity index (χ0v) is 13.9. The average Bonchev–Trinajstić information content (AvgIpc) is 3.10. The molecule has 6 nitrogen and oxygen atoms in total. The first-order chi connectivity index (χ1) is 10.6. The molecule has 2 heterocycles. The second-order valence-corrected chi connectivity index (χ2v) is 6.94. The molecule has 114 valence electrons. The number of nitrogens with one attached hydrogen (secondary N) is 1. The van der Waals surface area contributed by atoms with Crippen LogP contribution in [0.3, 0.4) is 0 Å². The summed E-state index contributed by atoms with van der Waals surface area (Å²) in [5.41, 5.74) is 1.38. The van der Waals surface area contributed by atoms with E-state index in [1.54, 1.807) is 30.6 Å². The normalized spacial score (nSPS) is 12.5. The van der Waals surface area contributed by atoms with Crippen molar-refractivity contribution in [2.24, 2.45) is 0 Å². The lowest BCUT2D eigenvalue weighted by molar-refractivity contribution is 0.102. The van der Waals surface area contributed by atoms with Crippen molar-refractivity contribution in [1.29, 1.82) is 0 Å². The summed E-state index contributed by atoms with van der Waals surface area (Å²) in [7, 11) is 1.61. The van der Waals surface area contributed by atoms with Crippen LogP contribution >= 0.6 is 22.7 Å². The molecule has 0 saturated heterocycles. The number of hydrogen-bond donors (Lipinski definition) is 1. The van der Waals surface area contributed by atoms with Crippen LogP contribution in [0.4, 0.5) is 5.13 Å². The lowest BCUT2D eigenvalue weighted by Crippen LogP contribution is -2.11. The summed E-state index contributed by atoms with van der Waals surface area (Å²) >= 11 is 2.91. The minimum absolute atomic E-state index is 0.141. The highest BCUT2D eigenvalue weighted by atomic mass is 32.1. The quantitative estimate of drug-likeness (QED) is 0.791. The first-order valence-corrected chi connectivity index (χ1v) is 8.25. The van der Waals surface area contributed by atoms with Crippen molar-refractivity contribution in [1.82, 2.24) is 15.2 Å². The van der Waals surface area contributed by atoms with Crippen molar-refractivity contribution in [2.75, 3.05) is 12.4 Å². The van der Waals surface area contributed by atoms with Crippen LogP contribution in [0.5, 0.6) is 0 Å². The van der Waals surface area contributed by atoms with Crippen LogP contribution in [0, 0.1) is 6.92 Å². The molecule has 1 aromatic carbocycles. The molecule has 1 amide bonds. The summed E-state index contributed by atoms with van der Waals surface area (Å²) in [6, 6.07) is 5.48. The molecular weight excluding hydrogens is 320 g/mol. The van der Waals surface area contributed by atoms with E-state index < -0.39 is 0 Å². The van der Waals surface area contributed by atoms with E-state index in [0.29, 0.717) is 10.7 Å². The lowest BCUT2D eigenvalue weighted by atomic mass is 10.2. The molecule has 1 unspecified atom stereocenters. The van der Waals surface area contributed by atoms with Crippen LogP contribution in [0.25, 0.3) is 10.2 Å². The van der Waals surface area contributed by atoms with Gasteiger partial charge in [0.05, 0.1) is 15.2 Å². The number of hydrogen-bond acceptors (Lipinski definition) is 7. The zero-order chi connectivity index (χ0) is 15.7. The Labute approximate surface area is 135 Å². The van der Waals surface area contributed by atoms with Gasteiger partial charge in [-0.15, -0.1) is 21.5 Å². The fourth-order valence-electron chi connectivity index (χ4n) is 1.90. The Morgan fingerprint density at radius 3 is 2.91 bits per heavy atom. The molecule has 3 rings (SSSR count). The first-order valence-electron chi connectivity index (χ1n) is 6.61. The Bertz CT molecular complexity index is 827. The maximum Gasteiger partial charge on any atom is 0.257 e. The van der Waals surface area contributed by atoms with Gasteiger partial charge >= 0.3 is 0 Å². The van der Waals surface area contributed by atoms with Crippen molar-refractivity contribution < 1.29 is 9.53 Å². The molecule has 2 aromatic heterocycles. The zero-order valence-electron chi connectivity index (χ0n) is 12.3. The maximum atomic E-state index is 12.3. The summed E-state index contributed by atoms with van der Waals surface area (Å²) in [5, 5.41) is 12.9. The fraction of sp³-hybridized carbons (Fsp3) is 0.286. The summed E-state index contributed by atoms with van der Waals surface area (Å²) in [4.78, 5) is 16.7. The molecule has 1 atom stereocenters. The number of anilines is 1. The molecule has 0 aliphatic rings. The molecule has 8 heteroatoms. The smallest absolute Gasteiger partial charge is 0.257 e. The predicted molar refractivity (Wildman–Crippen MR) is 87.6 cm³/mol. The number of methoxy groups -OCH3 is 1. The minimum Gasteiger partial charge on any atom is -0.374 e. The van der Waals surface area contributed by atoms with Gasteiger partial charge in [-0.25, -0.2) is 4.98 Å². The summed E-state index contributed by atoms with van der Waals surface area (Å²) < 4.78 is 6.25. The van der Waals surface area contributed by atoms with Gasteiger partial charge in [-0.05, 0) is 32.0 Å². The lowest BCUT2D eigenvalue weighted by Gasteiger charge is -2.02. The van der Waals surface area contributed by atoms with Gasteiger partial charge in [0.25, 0.3) is 5.91 Å². The van der Waals surface area contributed by atoms with E-state index in [-0.39, 0.29) is 12.0 Å². The highest BCUT2D eigenvalue weighted by molar-refractivity contribution is 7.18. The van der Waals surface area contributed by atoms with Crippen molar-refractivity contribution in [2.45, 2.75) is 20.0 Å². The number of fused-ring (bicyclic) bond motifs is 1. The van der Waals surface area contributed by atoms with Gasteiger partial charge in [-0.3, -0.25) is 10.1 Å². The number of carbonyl (C=O) groups excluding carboxylic acids is 1. The van der Waals surface area contributed by atoms with Crippen LogP contribution in [-0.4, -0.2) is 28.2 Å². The van der Waals surface area contributed by atoms with E-state index in [0.717, 1.165) is 20.2 Å². The van der Waals surface area contributed by atoms with Crippen LogP contribution < -0.4 is 5.32 Å². The van der Waals surface area contributed by atoms with Gasteiger partial charge < -0.3 is 4.74 Å². The number of nitrogens with zero attached hydrogens (tertiary/aromatic N) is 3. The molecule has 0 bridgehead atoms. The van der Waals surface area contributed by atoms with Crippen molar-refractivity contribution in [3.05, 3.63) is 33.8 Å². The Balaban J connectivity index is 1.79. The number of aromatic nitrogens is 3. The Morgan fingerprint density at radius 2 is 2.14 bits per heavy atom. The van der Waals surface area contributed by atoms with Crippen molar-refractivity contribution in [3.63, 3.8) is 0 Å². The number of aryl methyl sites for hydroxylation is 1. The Hall–Kier alpha value is -1.90. The molecule has 0 aliphatic heterocycles. The minimum atomic E-state index is -0.222. The highest BCUT2D eigenvalue weighted by Gasteiger charge is 2.14. The third-order valence-electron chi connectivity index (χ3n) is 3.12. The molecule has 0 radical (unpaired) electrons. The van der Waals surface area contributed by atoms with Crippen LogP contribution in [0.2, 0.25) is 0 Å². The number of ether oxygens (including phenoxy) is 1. The first kappa shape index (κ1) is 15.0. The highest BCUT2D eigenvalue weighted by Crippen LogP contribution is 2.25. The van der Waals surface area contributed by atoms with Crippen molar-refractivity contribution in [3.8, 4) is 0 Å². The summed E-state index contributed by atoms with van der Waals surface area (Å²) in [5.74, 6) is -0.222. The number of amides is 1. The molecule has 22 heavy (non-hydrogen) atoms. The van der Waals surface area contributed by atoms with Crippen LogP contribution in [0.15, 0.2) is 18.2 Å². The van der Waals surface area contributed by atoms with Gasteiger partial charge in [0.2, 0.25) is 5.13 Å². The van der Waals surface area contributed by atoms with Gasteiger partial charge in [0, 0.05) is 12.7 Å². The van der Waals surface area contributed by atoms with Crippen molar-refractivity contribution >= 4 is 43.9 Å². The molecule has 3 aromatic rings.